The molecule has 3 rings (SSSR count). The van der Waals surface area contributed by atoms with E-state index in [1.165, 1.54) is 29.5 Å². The normalized spacial score (nSPS) is 10.5. The Bertz CT molecular complexity index is 1030. The number of non-ortho nitro benzene ring substituents is 1. The Morgan fingerprint density at radius 1 is 1.18 bits per heavy atom. The standard InChI is InChI=1S/C20H17ClN2O4S/c1-12-5-13(2)7-16(6-12)27-10-14-8-19(28-11-14)20(24)22-18-9-15(23(25)26)3-4-17(18)21/h3-9,11H,10H2,1-2H3,(H,22,24). The van der Waals surface area contributed by atoms with Gasteiger partial charge in [0.15, 0.2) is 0 Å². The number of ether oxygens (including phenoxy) is 1. The Morgan fingerprint density at radius 2 is 1.89 bits per heavy atom. The summed E-state index contributed by atoms with van der Waals surface area (Å²) in [6.07, 6.45) is 0. The number of halogens is 1. The molecule has 1 heterocycles. The average molecular weight is 417 g/mol. The van der Waals surface area contributed by atoms with Crippen LogP contribution in [0, 0.1) is 24.0 Å². The second-order valence-corrected chi connectivity index (χ2v) is 7.63. The van der Waals surface area contributed by atoms with E-state index in [9.17, 15) is 14.9 Å². The van der Waals surface area contributed by atoms with E-state index in [-0.39, 0.29) is 22.3 Å². The van der Waals surface area contributed by atoms with Crippen LogP contribution in [-0.4, -0.2) is 10.8 Å². The van der Waals surface area contributed by atoms with Crippen LogP contribution in [0.15, 0.2) is 47.8 Å². The van der Waals surface area contributed by atoms with Gasteiger partial charge in [-0.1, -0.05) is 17.7 Å². The summed E-state index contributed by atoms with van der Waals surface area (Å²) in [5.74, 6) is 0.392. The minimum atomic E-state index is -0.542. The predicted octanol–water partition coefficient (Wildman–Crippen LogP) is 5.76. The molecule has 0 saturated carbocycles. The number of thiophene rings is 1. The van der Waals surface area contributed by atoms with Crippen LogP contribution in [0.2, 0.25) is 5.02 Å². The van der Waals surface area contributed by atoms with Crippen molar-refractivity contribution in [3.8, 4) is 5.75 Å². The van der Waals surface area contributed by atoms with Gasteiger partial charge in [-0.2, -0.15) is 0 Å². The van der Waals surface area contributed by atoms with Gasteiger partial charge in [-0.25, -0.2) is 0 Å². The van der Waals surface area contributed by atoms with Crippen molar-refractivity contribution >= 4 is 40.2 Å². The first kappa shape index (κ1) is 19.9. The van der Waals surface area contributed by atoms with Gasteiger partial charge in [0.05, 0.1) is 20.5 Å². The molecule has 0 saturated heterocycles. The summed E-state index contributed by atoms with van der Waals surface area (Å²) >= 11 is 7.29. The van der Waals surface area contributed by atoms with Crippen LogP contribution in [0.3, 0.4) is 0 Å². The highest BCUT2D eigenvalue weighted by molar-refractivity contribution is 7.12. The Hall–Kier alpha value is -2.90. The van der Waals surface area contributed by atoms with Crippen molar-refractivity contribution in [3.63, 3.8) is 0 Å². The molecule has 3 aromatic rings. The molecule has 0 aliphatic rings. The smallest absolute Gasteiger partial charge is 0.271 e. The van der Waals surface area contributed by atoms with Crippen LogP contribution in [-0.2, 0) is 6.61 Å². The quantitative estimate of drug-likeness (QED) is 0.409. The number of anilines is 1. The lowest BCUT2D eigenvalue weighted by molar-refractivity contribution is -0.384. The van der Waals surface area contributed by atoms with Gasteiger partial charge in [-0.3, -0.25) is 14.9 Å². The fraction of sp³-hybridized carbons (Fsp3) is 0.150. The first-order chi connectivity index (χ1) is 13.3. The van der Waals surface area contributed by atoms with Crippen molar-refractivity contribution in [2.24, 2.45) is 0 Å². The van der Waals surface area contributed by atoms with E-state index in [1.807, 2.05) is 31.4 Å². The van der Waals surface area contributed by atoms with Crippen molar-refractivity contribution in [1.82, 2.24) is 0 Å². The number of nitro groups is 1. The summed E-state index contributed by atoms with van der Waals surface area (Å²) in [4.78, 5) is 23.3. The number of amides is 1. The second-order valence-electron chi connectivity index (χ2n) is 6.31. The zero-order valence-electron chi connectivity index (χ0n) is 15.2. The summed E-state index contributed by atoms with van der Waals surface area (Å²) in [7, 11) is 0. The molecule has 8 heteroatoms. The van der Waals surface area contributed by atoms with Gasteiger partial charge in [0.2, 0.25) is 0 Å². The molecule has 1 N–H and O–H groups in total. The zero-order chi connectivity index (χ0) is 20.3. The molecule has 28 heavy (non-hydrogen) atoms. The molecular formula is C20H17ClN2O4S. The van der Waals surface area contributed by atoms with Crippen LogP contribution >= 0.6 is 22.9 Å². The van der Waals surface area contributed by atoms with Gasteiger partial charge in [-0.05, 0) is 54.6 Å². The number of aryl methyl sites for hydroxylation is 2. The number of carbonyl (C=O) groups is 1. The highest BCUT2D eigenvalue weighted by Crippen LogP contribution is 2.28. The molecule has 0 aliphatic heterocycles. The van der Waals surface area contributed by atoms with E-state index in [4.69, 9.17) is 16.3 Å². The Labute approximate surface area is 170 Å². The number of nitrogens with one attached hydrogen (secondary N) is 1. The Balaban J connectivity index is 1.67. The summed E-state index contributed by atoms with van der Waals surface area (Å²) in [6.45, 7) is 4.35. The van der Waals surface area contributed by atoms with Gasteiger partial charge in [0, 0.05) is 17.7 Å². The van der Waals surface area contributed by atoms with E-state index >= 15 is 0 Å². The maximum Gasteiger partial charge on any atom is 0.271 e. The molecule has 0 atom stereocenters. The molecule has 0 radical (unpaired) electrons. The average Bonchev–Trinajstić information content (AvgIpc) is 3.10. The minimum absolute atomic E-state index is 0.145. The third-order valence-corrected chi connectivity index (χ3v) is 5.19. The van der Waals surface area contributed by atoms with Gasteiger partial charge in [0.1, 0.15) is 12.4 Å². The number of hydrogen-bond donors (Lipinski definition) is 1. The van der Waals surface area contributed by atoms with E-state index in [1.54, 1.807) is 6.07 Å². The first-order valence-corrected chi connectivity index (χ1v) is 9.61. The molecule has 1 aromatic heterocycles. The van der Waals surface area contributed by atoms with Gasteiger partial charge >= 0.3 is 0 Å². The fourth-order valence-electron chi connectivity index (χ4n) is 2.66. The highest BCUT2D eigenvalue weighted by Gasteiger charge is 2.15. The number of nitrogens with zero attached hydrogens (tertiary/aromatic N) is 1. The lowest BCUT2D eigenvalue weighted by Crippen LogP contribution is -2.10. The van der Waals surface area contributed by atoms with Crippen molar-refractivity contribution in [1.29, 1.82) is 0 Å². The molecule has 0 unspecified atom stereocenters. The van der Waals surface area contributed by atoms with E-state index < -0.39 is 4.92 Å². The minimum Gasteiger partial charge on any atom is -0.489 e. The predicted molar refractivity (Wildman–Crippen MR) is 111 cm³/mol. The molecule has 144 valence electrons. The van der Waals surface area contributed by atoms with Crippen molar-refractivity contribution in [2.75, 3.05) is 5.32 Å². The van der Waals surface area contributed by atoms with Crippen LogP contribution in [0.5, 0.6) is 5.75 Å². The van der Waals surface area contributed by atoms with Gasteiger partial charge < -0.3 is 10.1 Å². The molecule has 6 nitrogen and oxygen atoms in total. The number of rotatable bonds is 6. The van der Waals surface area contributed by atoms with Gasteiger partial charge in [-0.15, -0.1) is 11.3 Å². The lowest BCUT2D eigenvalue weighted by atomic mass is 10.1. The molecule has 0 bridgehead atoms. The summed E-state index contributed by atoms with van der Waals surface area (Å²) in [5, 5.41) is 15.6. The summed E-state index contributed by atoms with van der Waals surface area (Å²) < 4.78 is 5.81. The first-order valence-electron chi connectivity index (χ1n) is 8.35. The fourth-order valence-corrected chi connectivity index (χ4v) is 3.62. The van der Waals surface area contributed by atoms with Crippen LogP contribution < -0.4 is 10.1 Å². The Kier molecular flexibility index (Phi) is 5.96. The highest BCUT2D eigenvalue weighted by atomic mass is 35.5. The largest absolute Gasteiger partial charge is 0.489 e. The summed E-state index contributed by atoms with van der Waals surface area (Å²) in [5.41, 5.74) is 3.15. The lowest BCUT2D eigenvalue weighted by Gasteiger charge is -2.07. The number of carbonyl (C=O) groups excluding carboxylic acids is 1. The maximum atomic E-state index is 12.5. The Morgan fingerprint density at radius 3 is 2.57 bits per heavy atom. The van der Waals surface area contributed by atoms with E-state index in [0.29, 0.717) is 11.5 Å². The van der Waals surface area contributed by atoms with Crippen molar-refractivity contribution in [3.05, 3.63) is 84.5 Å². The van der Waals surface area contributed by atoms with E-state index in [2.05, 4.69) is 11.4 Å². The third kappa shape index (κ3) is 4.88. The number of nitro benzene ring substituents is 1. The summed E-state index contributed by atoms with van der Waals surface area (Å²) in [6, 6.07) is 11.6. The van der Waals surface area contributed by atoms with Crippen molar-refractivity contribution in [2.45, 2.75) is 20.5 Å². The zero-order valence-corrected chi connectivity index (χ0v) is 16.8. The van der Waals surface area contributed by atoms with Crippen LogP contribution in [0.25, 0.3) is 0 Å². The van der Waals surface area contributed by atoms with Crippen LogP contribution in [0.1, 0.15) is 26.4 Å². The molecular weight excluding hydrogens is 400 g/mol. The van der Waals surface area contributed by atoms with Crippen LogP contribution in [0.4, 0.5) is 11.4 Å². The number of benzene rings is 2. The molecule has 0 spiro atoms. The number of hydrogen-bond acceptors (Lipinski definition) is 5. The monoisotopic (exact) mass is 416 g/mol. The molecule has 0 aliphatic carbocycles. The third-order valence-electron chi connectivity index (χ3n) is 3.89. The SMILES string of the molecule is Cc1cc(C)cc(OCc2csc(C(=O)Nc3cc([N+](=O)[O-])ccc3Cl)c2)c1. The second kappa shape index (κ2) is 8.41. The topological polar surface area (TPSA) is 81.5 Å². The molecule has 0 fully saturated rings. The maximum absolute atomic E-state index is 12.5. The van der Waals surface area contributed by atoms with Gasteiger partial charge in [0.25, 0.3) is 11.6 Å². The van der Waals surface area contributed by atoms with E-state index in [0.717, 1.165) is 22.4 Å². The van der Waals surface area contributed by atoms with Crippen molar-refractivity contribution < 1.29 is 14.5 Å². The molecule has 1 amide bonds. The molecule has 2 aromatic carbocycles.